The molecule has 1 rings (SSSR count). The minimum atomic E-state index is 0.727. The Hall–Kier alpha value is -1.42. The molecule has 0 aliphatic rings. The van der Waals surface area contributed by atoms with Crippen molar-refractivity contribution in [3.8, 4) is 17.6 Å². The molecule has 0 atom stereocenters. The molecule has 55 valence electrons. The van der Waals surface area contributed by atoms with Crippen LogP contribution in [0.5, 0.6) is 5.75 Å². The molecule has 0 aliphatic heterocycles. The normalized spacial score (nSPS) is 8.18. The lowest BCUT2D eigenvalue weighted by Gasteiger charge is -1.96. The Kier molecular flexibility index (Phi) is 2.57. The van der Waals surface area contributed by atoms with Crippen molar-refractivity contribution in [2.45, 2.75) is 6.92 Å². The molecular formula is C10H9O. The first-order valence-corrected chi connectivity index (χ1v) is 3.36. The highest BCUT2D eigenvalue weighted by Gasteiger charge is 1.90. The van der Waals surface area contributed by atoms with Gasteiger partial charge in [0, 0.05) is 11.6 Å². The summed E-state index contributed by atoms with van der Waals surface area (Å²) in [6, 6.07) is 8.65. The second kappa shape index (κ2) is 3.68. The minimum Gasteiger partial charge on any atom is -0.496 e. The fourth-order valence-electron chi connectivity index (χ4n) is 0.774. The van der Waals surface area contributed by atoms with Crippen LogP contribution < -0.4 is 4.74 Å². The SMILES string of the molecule is CC#Cc1[c]c(OC)ccc1. The summed E-state index contributed by atoms with van der Waals surface area (Å²) < 4.78 is 4.98. The third-order valence-electron chi connectivity index (χ3n) is 1.25. The molecule has 0 N–H and O–H groups in total. The van der Waals surface area contributed by atoms with Crippen molar-refractivity contribution in [1.82, 2.24) is 0 Å². The number of hydrogen-bond acceptors (Lipinski definition) is 1. The molecule has 0 bridgehead atoms. The molecule has 1 aromatic carbocycles. The zero-order valence-corrected chi connectivity index (χ0v) is 6.64. The Morgan fingerprint density at radius 2 is 2.27 bits per heavy atom. The zero-order valence-electron chi connectivity index (χ0n) is 6.64. The summed E-state index contributed by atoms with van der Waals surface area (Å²) in [6.45, 7) is 1.80. The summed E-state index contributed by atoms with van der Waals surface area (Å²) in [5.41, 5.74) is 0.867. The van der Waals surface area contributed by atoms with Gasteiger partial charge in [-0.25, -0.2) is 0 Å². The van der Waals surface area contributed by atoms with E-state index in [1.807, 2.05) is 18.2 Å². The predicted octanol–water partition coefficient (Wildman–Crippen LogP) is 1.87. The van der Waals surface area contributed by atoms with Crippen molar-refractivity contribution in [1.29, 1.82) is 0 Å². The molecular weight excluding hydrogens is 136 g/mol. The van der Waals surface area contributed by atoms with E-state index in [0.29, 0.717) is 0 Å². The van der Waals surface area contributed by atoms with Crippen LogP contribution in [-0.2, 0) is 0 Å². The number of rotatable bonds is 1. The monoisotopic (exact) mass is 145 g/mol. The fraction of sp³-hybridized carbons (Fsp3) is 0.200. The fourth-order valence-corrected chi connectivity index (χ4v) is 0.774. The van der Waals surface area contributed by atoms with Gasteiger partial charge in [-0.3, -0.25) is 0 Å². The topological polar surface area (TPSA) is 9.23 Å². The highest BCUT2D eigenvalue weighted by Crippen LogP contribution is 2.09. The van der Waals surface area contributed by atoms with E-state index >= 15 is 0 Å². The second-order valence-electron chi connectivity index (χ2n) is 2.01. The molecule has 1 nitrogen and oxygen atoms in total. The highest BCUT2D eigenvalue weighted by molar-refractivity contribution is 5.37. The van der Waals surface area contributed by atoms with Crippen LogP contribution in [0.2, 0.25) is 0 Å². The van der Waals surface area contributed by atoms with E-state index in [1.54, 1.807) is 14.0 Å². The molecule has 0 fully saturated rings. The molecule has 0 saturated carbocycles. The van der Waals surface area contributed by atoms with Crippen molar-refractivity contribution < 1.29 is 4.74 Å². The molecule has 0 aliphatic carbocycles. The zero-order chi connectivity index (χ0) is 8.10. The predicted molar refractivity (Wildman–Crippen MR) is 44.4 cm³/mol. The summed E-state index contributed by atoms with van der Waals surface area (Å²) >= 11 is 0. The third-order valence-corrected chi connectivity index (χ3v) is 1.25. The molecule has 1 aromatic rings. The van der Waals surface area contributed by atoms with Crippen LogP contribution in [0.3, 0.4) is 0 Å². The van der Waals surface area contributed by atoms with Gasteiger partial charge in [0.15, 0.2) is 0 Å². The van der Waals surface area contributed by atoms with Gasteiger partial charge in [0.05, 0.1) is 7.11 Å². The van der Waals surface area contributed by atoms with Gasteiger partial charge in [0.25, 0.3) is 0 Å². The third kappa shape index (κ3) is 2.01. The van der Waals surface area contributed by atoms with Gasteiger partial charge in [0.2, 0.25) is 0 Å². The van der Waals surface area contributed by atoms with Gasteiger partial charge >= 0.3 is 0 Å². The van der Waals surface area contributed by atoms with Crippen molar-refractivity contribution in [2.75, 3.05) is 7.11 Å². The van der Waals surface area contributed by atoms with Gasteiger partial charge in [-0.15, -0.1) is 5.92 Å². The standard InChI is InChI=1S/C10H9O/c1-3-5-9-6-4-7-10(8-9)11-2/h4,6-7H,1-2H3. The van der Waals surface area contributed by atoms with Crippen molar-refractivity contribution in [3.63, 3.8) is 0 Å². The first-order valence-electron chi connectivity index (χ1n) is 3.36. The lowest BCUT2D eigenvalue weighted by molar-refractivity contribution is 0.414. The van der Waals surface area contributed by atoms with Crippen LogP contribution >= 0.6 is 0 Å². The van der Waals surface area contributed by atoms with E-state index in [-0.39, 0.29) is 0 Å². The van der Waals surface area contributed by atoms with Crippen LogP contribution in [0.25, 0.3) is 0 Å². The maximum Gasteiger partial charge on any atom is 0.128 e. The summed E-state index contributed by atoms with van der Waals surface area (Å²) in [5.74, 6) is 6.42. The molecule has 11 heavy (non-hydrogen) atoms. The van der Waals surface area contributed by atoms with E-state index in [9.17, 15) is 0 Å². The van der Waals surface area contributed by atoms with Crippen LogP contribution in [-0.4, -0.2) is 7.11 Å². The lowest BCUT2D eigenvalue weighted by atomic mass is 10.2. The van der Waals surface area contributed by atoms with Gasteiger partial charge in [-0.05, 0) is 19.1 Å². The molecule has 0 spiro atoms. The van der Waals surface area contributed by atoms with E-state index in [1.165, 1.54) is 0 Å². The molecule has 1 radical (unpaired) electrons. The quantitative estimate of drug-likeness (QED) is 0.548. The van der Waals surface area contributed by atoms with Gasteiger partial charge < -0.3 is 4.74 Å². The molecule has 0 aromatic heterocycles. The molecule has 0 amide bonds. The maximum atomic E-state index is 4.98. The lowest BCUT2D eigenvalue weighted by Crippen LogP contribution is -1.83. The summed E-state index contributed by atoms with van der Waals surface area (Å²) in [4.78, 5) is 0. The molecule has 0 unspecified atom stereocenters. The van der Waals surface area contributed by atoms with E-state index < -0.39 is 0 Å². The number of hydrogen-bond donors (Lipinski definition) is 0. The highest BCUT2D eigenvalue weighted by atomic mass is 16.5. The average Bonchev–Trinajstić information content (AvgIpc) is 2.06. The van der Waals surface area contributed by atoms with Gasteiger partial charge in [-0.2, -0.15) is 0 Å². The van der Waals surface area contributed by atoms with E-state index in [2.05, 4.69) is 17.9 Å². The number of methoxy groups -OCH3 is 1. The Labute approximate surface area is 67.0 Å². The number of benzene rings is 1. The van der Waals surface area contributed by atoms with Crippen LogP contribution in [0.15, 0.2) is 18.2 Å². The second-order valence-corrected chi connectivity index (χ2v) is 2.01. The molecule has 0 saturated heterocycles. The first kappa shape index (κ1) is 7.68. The Balaban J connectivity index is 2.97. The minimum absolute atomic E-state index is 0.727. The van der Waals surface area contributed by atoms with Crippen LogP contribution in [0, 0.1) is 17.9 Å². The van der Waals surface area contributed by atoms with Gasteiger partial charge in [-0.1, -0.05) is 12.0 Å². The summed E-state index contributed by atoms with van der Waals surface area (Å²) in [7, 11) is 1.62. The van der Waals surface area contributed by atoms with E-state index in [0.717, 1.165) is 11.3 Å². The van der Waals surface area contributed by atoms with Crippen molar-refractivity contribution in [2.24, 2.45) is 0 Å². The Bertz CT molecular complexity index is 291. The summed E-state index contributed by atoms with van der Waals surface area (Å²) in [5, 5.41) is 0. The summed E-state index contributed by atoms with van der Waals surface area (Å²) in [6.07, 6.45) is 0. The Morgan fingerprint density at radius 1 is 1.45 bits per heavy atom. The van der Waals surface area contributed by atoms with Crippen LogP contribution in [0.1, 0.15) is 12.5 Å². The van der Waals surface area contributed by atoms with E-state index in [4.69, 9.17) is 4.74 Å². The van der Waals surface area contributed by atoms with Crippen molar-refractivity contribution >= 4 is 0 Å². The number of ether oxygens (including phenoxy) is 1. The first-order chi connectivity index (χ1) is 5.36. The average molecular weight is 145 g/mol. The largest absolute Gasteiger partial charge is 0.496 e. The van der Waals surface area contributed by atoms with Crippen LogP contribution in [0.4, 0.5) is 0 Å². The maximum absolute atomic E-state index is 4.98. The Morgan fingerprint density at radius 3 is 2.91 bits per heavy atom. The van der Waals surface area contributed by atoms with Crippen molar-refractivity contribution in [3.05, 3.63) is 29.8 Å². The smallest absolute Gasteiger partial charge is 0.128 e. The molecule has 0 heterocycles. The van der Waals surface area contributed by atoms with Gasteiger partial charge in [0.1, 0.15) is 5.75 Å². The molecule has 1 heteroatoms.